The maximum Gasteiger partial charge on any atom is 0.167 e. The van der Waals surface area contributed by atoms with Crippen molar-refractivity contribution in [3.8, 4) is 0 Å². The molecule has 0 saturated carbocycles. The van der Waals surface area contributed by atoms with Crippen molar-refractivity contribution in [3.05, 3.63) is 77.1 Å². The summed E-state index contributed by atoms with van der Waals surface area (Å²) < 4.78 is 12.8. The molecule has 2 rings (SSSR count). The van der Waals surface area contributed by atoms with Crippen LogP contribution in [0.2, 0.25) is 0 Å². The summed E-state index contributed by atoms with van der Waals surface area (Å²) in [6.07, 6.45) is 4.40. The Morgan fingerprint density at radius 1 is 1.05 bits per heavy atom. The molecular weight excluding hydrogens is 277 g/mol. The maximum atomic E-state index is 12.8. The molecular formula is C19H20FNO. The molecule has 0 aromatic heterocycles. The van der Waals surface area contributed by atoms with E-state index in [1.165, 1.54) is 12.1 Å². The van der Waals surface area contributed by atoms with Gasteiger partial charge in [-0.05, 0) is 37.4 Å². The number of nitrogens with zero attached hydrogens (tertiary/aromatic N) is 1. The van der Waals surface area contributed by atoms with Crippen molar-refractivity contribution >= 4 is 11.9 Å². The first-order chi connectivity index (χ1) is 10.5. The maximum absolute atomic E-state index is 12.8. The monoisotopic (exact) mass is 297 g/mol. The zero-order chi connectivity index (χ0) is 15.9. The van der Waals surface area contributed by atoms with E-state index in [9.17, 15) is 9.18 Å². The normalized spacial score (nSPS) is 11.3. The number of hydrogen-bond acceptors (Lipinski definition) is 2. The molecule has 114 valence electrons. The number of rotatable bonds is 6. The summed E-state index contributed by atoms with van der Waals surface area (Å²) in [6, 6.07) is 13.6. The van der Waals surface area contributed by atoms with Gasteiger partial charge in [0, 0.05) is 18.5 Å². The minimum atomic E-state index is -0.287. The van der Waals surface area contributed by atoms with Crippen LogP contribution in [0, 0.1) is 5.82 Å². The van der Waals surface area contributed by atoms with Crippen LogP contribution in [-0.2, 0) is 6.42 Å². The average molecular weight is 297 g/mol. The topological polar surface area (TPSA) is 20.3 Å². The van der Waals surface area contributed by atoms with Crippen LogP contribution in [-0.4, -0.2) is 31.3 Å². The predicted octanol–water partition coefficient (Wildman–Crippen LogP) is 3.83. The molecule has 0 aliphatic heterocycles. The van der Waals surface area contributed by atoms with Crippen LogP contribution < -0.4 is 0 Å². The van der Waals surface area contributed by atoms with Crippen molar-refractivity contribution < 1.29 is 9.18 Å². The van der Waals surface area contributed by atoms with E-state index >= 15 is 0 Å². The summed E-state index contributed by atoms with van der Waals surface area (Å²) in [6.45, 7) is 0.880. The van der Waals surface area contributed by atoms with E-state index in [1.54, 1.807) is 12.1 Å². The second-order valence-electron chi connectivity index (χ2n) is 5.51. The lowest BCUT2D eigenvalue weighted by Crippen LogP contribution is -2.10. The quantitative estimate of drug-likeness (QED) is 0.755. The van der Waals surface area contributed by atoms with Crippen molar-refractivity contribution in [2.75, 3.05) is 20.6 Å². The van der Waals surface area contributed by atoms with Crippen molar-refractivity contribution in [2.45, 2.75) is 6.42 Å². The molecule has 0 spiro atoms. The number of hydrogen-bond donors (Lipinski definition) is 0. The van der Waals surface area contributed by atoms with Crippen LogP contribution in [0.1, 0.15) is 21.5 Å². The van der Waals surface area contributed by atoms with Gasteiger partial charge >= 0.3 is 0 Å². The third-order valence-electron chi connectivity index (χ3n) is 3.29. The van der Waals surface area contributed by atoms with Crippen LogP contribution >= 0.6 is 0 Å². The molecule has 0 N–H and O–H groups in total. The van der Waals surface area contributed by atoms with E-state index < -0.39 is 0 Å². The van der Waals surface area contributed by atoms with Gasteiger partial charge < -0.3 is 4.90 Å². The van der Waals surface area contributed by atoms with E-state index in [2.05, 4.69) is 11.0 Å². The fourth-order valence-corrected chi connectivity index (χ4v) is 2.07. The van der Waals surface area contributed by atoms with Gasteiger partial charge in [0.1, 0.15) is 5.82 Å². The van der Waals surface area contributed by atoms with Crippen molar-refractivity contribution in [1.82, 2.24) is 4.90 Å². The third-order valence-corrected chi connectivity index (χ3v) is 3.29. The first-order valence-corrected chi connectivity index (χ1v) is 7.23. The lowest BCUT2D eigenvalue weighted by Gasteiger charge is -2.04. The number of Topliss-reactive ketones (excluding diaryl/α,β-unsaturated/α-hetero) is 1. The molecule has 0 heterocycles. The molecule has 2 aromatic rings. The van der Waals surface area contributed by atoms with Gasteiger partial charge in [0.15, 0.2) is 5.78 Å². The largest absolute Gasteiger partial charge is 0.306 e. The Labute approximate surface area is 130 Å². The highest BCUT2D eigenvalue weighted by Gasteiger charge is 2.06. The van der Waals surface area contributed by atoms with E-state index in [0.717, 1.165) is 17.7 Å². The minimum Gasteiger partial charge on any atom is -0.306 e. The Morgan fingerprint density at radius 3 is 2.27 bits per heavy atom. The molecule has 0 radical (unpaired) electrons. The predicted molar refractivity (Wildman–Crippen MR) is 88.5 cm³/mol. The van der Waals surface area contributed by atoms with Crippen LogP contribution in [0.3, 0.4) is 0 Å². The van der Waals surface area contributed by atoms with Crippen LogP contribution in [0.5, 0.6) is 0 Å². The summed E-state index contributed by atoms with van der Waals surface area (Å²) in [5, 5.41) is 0. The molecule has 0 fully saturated rings. The van der Waals surface area contributed by atoms with Crippen molar-refractivity contribution in [2.24, 2.45) is 0 Å². The van der Waals surface area contributed by atoms with Crippen molar-refractivity contribution in [1.29, 1.82) is 0 Å². The van der Waals surface area contributed by atoms with E-state index in [-0.39, 0.29) is 18.0 Å². The number of ketones is 1. The number of carbonyl (C=O) groups is 1. The molecule has 3 heteroatoms. The van der Waals surface area contributed by atoms with E-state index in [1.807, 2.05) is 44.4 Å². The molecule has 0 aliphatic carbocycles. The lowest BCUT2D eigenvalue weighted by atomic mass is 10.0. The van der Waals surface area contributed by atoms with Gasteiger partial charge in [-0.25, -0.2) is 4.39 Å². The zero-order valence-electron chi connectivity index (χ0n) is 12.9. The highest BCUT2D eigenvalue weighted by molar-refractivity contribution is 5.97. The van der Waals surface area contributed by atoms with Gasteiger partial charge in [0.05, 0.1) is 0 Å². The second kappa shape index (κ2) is 7.66. The standard InChI is InChI=1S/C19H20FNO/c1-21(2)13-3-4-15-5-9-17(10-6-15)19(22)14-16-7-11-18(20)12-8-16/h3-12H,13-14H2,1-2H3. The second-order valence-corrected chi connectivity index (χ2v) is 5.51. The van der Waals surface area contributed by atoms with E-state index in [0.29, 0.717) is 5.56 Å². The summed E-state index contributed by atoms with van der Waals surface area (Å²) in [4.78, 5) is 14.3. The van der Waals surface area contributed by atoms with E-state index in [4.69, 9.17) is 0 Å². The lowest BCUT2D eigenvalue weighted by molar-refractivity contribution is 0.0993. The molecule has 2 aromatic carbocycles. The van der Waals surface area contributed by atoms with Crippen LogP contribution in [0.25, 0.3) is 6.08 Å². The Kier molecular flexibility index (Phi) is 5.61. The fourth-order valence-electron chi connectivity index (χ4n) is 2.07. The molecule has 0 amide bonds. The summed E-state index contributed by atoms with van der Waals surface area (Å²) in [5.74, 6) is -0.250. The Hall–Kier alpha value is -2.26. The third kappa shape index (κ3) is 4.93. The SMILES string of the molecule is CN(C)CC=Cc1ccc(C(=O)Cc2ccc(F)cc2)cc1. The number of likely N-dealkylation sites (N-methyl/N-ethyl adjacent to an activating group) is 1. The van der Waals surface area contributed by atoms with Gasteiger partial charge in [-0.3, -0.25) is 4.79 Å². The Balaban J connectivity index is 1.99. The smallest absolute Gasteiger partial charge is 0.167 e. The molecule has 0 aliphatic rings. The highest BCUT2D eigenvalue weighted by Crippen LogP contribution is 2.11. The van der Waals surface area contributed by atoms with Gasteiger partial charge in [-0.1, -0.05) is 48.6 Å². The average Bonchev–Trinajstić information content (AvgIpc) is 2.50. The number of benzene rings is 2. The van der Waals surface area contributed by atoms with Crippen molar-refractivity contribution in [3.63, 3.8) is 0 Å². The van der Waals surface area contributed by atoms with Crippen LogP contribution in [0.4, 0.5) is 4.39 Å². The molecule has 0 bridgehead atoms. The summed E-state index contributed by atoms with van der Waals surface area (Å²) in [7, 11) is 4.03. The molecule has 22 heavy (non-hydrogen) atoms. The first-order valence-electron chi connectivity index (χ1n) is 7.23. The van der Waals surface area contributed by atoms with Crippen LogP contribution in [0.15, 0.2) is 54.6 Å². The molecule has 2 nitrogen and oxygen atoms in total. The fraction of sp³-hybridized carbons (Fsp3) is 0.211. The Bertz CT molecular complexity index is 642. The number of halogens is 1. The molecule has 0 unspecified atom stereocenters. The van der Waals surface area contributed by atoms with Gasteiger partial charge in [-0.2, -0.15) is 0 Å². The summed E-state index contributed by atoms with van der Waals surface area (Å²) >= 11 is 0. The van der Waals surface area contributed by atoms with Gasteiger partial charge in [0.2, 0.25) is 0 Å². The molecule has 0 saturated heterocycles. The minimum absolute atomic E-state index is 0.0374. The first kappa shape index (κ1) is 16.1. The highest BCUT2D eigenvalue weighted by atomic mass is 19.1. The number of carbonyl (C=O) groups excluding carboxylic acids is 1. The molecule has 0 atom stereocenters. The van der Waals surface area contributed by atoms with Gasteiger partial charge in [-0.15, -0.1) is 0 Å². The van der Waals surface area contributed by atoms with Gasteiger partial charge in [0.25, 0.3) is 0 Å². The summed E-state index contributed by atoms with van der Waals surface area (Å²) in [5.41, 5.74) is 2.57. The Morgan fingerprint density at radius 2 is 1.68 bits per heavy atom. The zero-order valence-corrected chi connectivity index (χ0v) is 12.9.